The molecule has 0 spiro atoms. The second-order valence-corrected chi connectivity index (χ2v) is 4.83. The summed E-state index contributed by atoms with van der Waals surface area (Å²) in [6, 6.07) is 15.4. The van der Waals surface area contributed by atoms with Crippen LogP contribution in [0.2, 0.25) is 0 Å². The molecule has 0 saturated carbocycles. The second-order valence-electron chi connectivity index (χ2n) is 4.83. The van der Waals surface area contributed by atoms with E-state index in [2.05, 4.69) is 31.2 Å². The summed E-state index contributed by atoms with van der Waals surface area (Å²) in [4.78, 5) is 0. The van der Waals surface area contributed by atoms with Gasteiger partial charge in [0.2, 0.25) is 0 Å². The number of halogens is 1. The van der Waals surface area contributed by atoms with Crippen molar-refractivity contribution in [2.24, 2.45) is 5.73 Å². The van der Waals surface area contributed by atoms with Crippen LogP contribution in [0.25, 0.3) is 0 Å². The first-order chi connectivity index (χ1) is 9.24. The Labute approximate surface area is 114 Å². The SMILES string of the molecule is CCc1ccc(CC(CN)c2ccccc2F)cc1. The molecule has 0 heterocycles. The van der Waals surface area contributed by atoms with Crippen molar-refractivity contribution in [3.8, 4) is 0 Å². The van der Waals surface area contributed by atoms with Crippen molar-refractivity contribution in [1.82, 2.24) is 0 Å². The zero-order valence-corrected chi connectivity index (χ0v) is 11.3. The van der Waals surface area contributed by atoms with E-state index in [-0.39, 0.29) is 11.7 Å². The van der Waals surface area contributed by atoms with Gasteiger partial charge < -0.3 is 5.73 Å². The minimum Gasteiger partial charge on any atom is -0.330 e. The Balaban J connectivity index is 2.17. The first kappa shape index (κ1) is 13.8. The molecular formula is C17H20FN. The minimum absolute atomic E-state index is 0.0358. The van der Waals surface area contributed by atoms with Crippen LogP contribution in [0.5, 0.6) is 0 Å². The molecule has 0 radical (unpaired) electrons. The van der Waals surface area contributed by atoms with E-state index < -0.39 is 0 Å². The Morgan fingerprint density at radius 3 is 2.21 bits per heavy atom. The van der Waals surface area contributed by atoms with Crippen molar-refractivity contribution >= 4 is 0 Å². The highest BCUT2D eigenvalue weighted by atomic mass is 19.1. The average Bonchev–Trinajstić information content (AvgIpc) is 2.46. The number of hydrogen-bond donors (Lipinski definition) is 1. The molecule has 100 valence electrons. The lowest BCUT2D eigenvalue weighted by molar-refractivity contribution is 0.576. The number of nitrogens with two attached hydrogens (primary N) is 1. The van der Waals surface area contributed by atoms with Crippen LogP contribution < -0.4 is 5.73 Å². The van der Waals surface area contributed by atoms with Gasteiger partial charge in [0, 0.05) is 5.92 Å². The smallest absolute Gasteiger partial charge is 0.126 e. The fraction of sp³-hybridized carbons (Fsp3) is 0.294. The highest BCUT2D eigenvalue weighted by Crippen LogP contribution is 2.22. The van der Waals surface area contributed by atoms with E-state index >= 15 is 0 Å². The van der Waals surface area contributed by atoms with Gasteiger partial charge in [-0.1, -0.05) is 49.4 Å². The quantitative estimate of drug-likeness (QED) is 0.869. The number of rotatable bonds is 5. The average molecular weight is 257 g/mol. The largest absolute Gasteiger partial charge is 0.330 e. The molecule has 2 rings (SSSR count). The molecule has 1 atom stereocenters. The van der Waals surface area contributed by atoms with Gasteiger partial charge in [-0.05, 0) is 42.1 Å². The molecule has 0 bridgehead atoms. The molecular weight excluding hydrogens is 237 g/mol. The van der Waals surface area contributed by atoms with E-state index in [1.54, 1.807) is 6.07 Å². The first-order valence-electron chi connectivity index (χ1n) is 6.77. The number of benzene rings is 2. The van der Waals surface area contributed by atoms with Gasteiger partial charge in [0.05, 0.1) is 0 Å². The molecule has 2 aromatic carbocycles. The third-order valence-corrected chi connectivity index (χ3v) is 3.54. The molecule has 19 heavy (non-hydrogen) atoms. The fourth-order valence-corrected chi connectivity index (χ4v) is 2.32. The molecule has 0 aliphatic heterocycles. The highest BCUT2D eigenvalue weighted by molar-refractivity contribution is 5.28. The van der Waals surface area contributed by atoms with Crippen LogP contribution >= 0.6 is 0 Å². The third kappa shape index (κ3) is 3.42. The molecule has 2 aromatic rings. The monoisotopic (exact) mass is 257 g/mol. The van der Waals surface area contributed by atoms with Crippen LogP contribution in [-0.2, 0) is 12.8 Å². The van der Waals surface area contributed by atoms with E-state index in [9.17, 15) is 4.39 Å². The summed E-state index contributed by atoms with van der Waals surface area (Å²) in [6.07, 6.45) is 1.81. The van der Waals surface area contributed by atoms with E-state index in [1.807, 2.05) is 12.1 Å². The zero-order valence-electron chi connectivity index (χ0n) is 11.3. The van der Waals surface area contributed by atoms with Gasteiger partial charge in [-0.15, -0.1) is 0 Å². The van der Waals surface area contributed by atoms with Crippen LogP contribution in [0.3, 0.4) is 0 Å². The number of aryl methyl sites for hydroxylation is 1. The Bertz CT molecular complexity index is 519. The maximum absolute atomic E-state index is 13.8. The lowest BCUT2D eigenvalue weighted by atomic mass is 9.91. The molecule has 1 nitrogen and oxygen atoms in total. The van der Waals surface area contributed by atoms with Gasteiger partial charge in [-0.2, -0.15) is 0 Å². The van der Waals surface area contributed by atoms with Crippen molar-refractivity contribution < 1.29 is 4.39 Å². The summed E-state index contributed by atoms with van der Waals surface area (Å²) in [5.41, 5.74) is 9.05. The molecule has 2 N–H and O–H groups in total. The van der Waals surface area contributed by atoms with Crippen molar-refractivity contribution in [3.05, 3.63) is 71.0 Å². The van der Waals surface area contributed by atoms with Gasteiger partial charge in [-0.3, -0.25) is 0 Å². The van der Waals surface area contributed by atoms with Crippen molar-refractivity contribution in [3.63, 3.8) is 0 Å². The molecule has 0 amide bonds. The summed E-state index contributed by atoms with van der Waals surface area (Å²) in [5.74, 6) is -0.128. The standard InChI is InChI=1S/C17H20FN/c1-2-13-7-9-14(10-8-13)11-15(12-19)16-5-3-4-6-17(16)18/h3-10,15H,2,11-12,19H2,1H3. The van der Waals surface area contributed by atoms with Crippen molar-refractivity contribution in [2.75, 3.05) is 6.54 Å². The summed E-state index contributed by atoms with van der Waals surface area (Å²) >= 11 is 0. The Kier molecular flexibility index (Phi) is 4.69. The molecule has 2 heteroatoms. The van der Waals surface area contributed by atoms with Gasteiger partial charge in [0.15, 0.2) is 0 Å². The predicted octanol–water partition coefficient (Wildman–Crippen LogP) is 3.67. The summed E-state index contributed by atoms with van der Waals surface area (Å²) < 4.78 is 13.8. The molecule has 0 fully saturated rings. The zero-order chi connectivity index (χ0) is 13.7. The van der Waals surface area contributed by atoms with Crippen LogP contribution in [0.1, 0.15) is 29.5 Å². The Morgan fingerprint density at radius 2 is 1.63 bits per heavy atom. The molecule has 0 saturated heterocycles. The topological polar surface area (TPSA) is 26.0 Å². The van der Waals surface area contributed by atoms with E-state index in [0.29, 0.717) is 12.1 Å². The summed E-state index contributed by atoms with van der Waals surface area (Å²) in [7, 11) is 0. The van der Waals surface area contributed by atoms with Crippen LogP contribution in [-0.4, -0.2) is 6.54 Å². The minimum atomic E-state index is -0.164. The van der Waals surface area contributed by atoms with Crippen LogP contribution in [0.15, 0.2) is 48.5 Å². The van der Waals surface area contributed by atoms with Crippen LogP contribution in [0, 0.1) is 5.82 Å². The van der Waals surface area contributed by atoms with Gasteiger partial charge in [-0.25, -0.2) is 4.39 Å². The second kappa shape index (κ2) is 6.48. The fourth-order valence-electron chi connectivity index (χ4n) is 2.32. The van der Waals surface area contributed by atoms with E-state index in [1.165, 1.54) is 17.2 Å². The maximum atomic E-state index is 13.8. The lowest BCUT2D eigenvalue weighted by Gasteiger charge is -2.16. The first-order valence-corrected chi connectivity index (χ1v) is 6.77. The van der Waals surface area contributed by atoms with Gasteiger partial charge >= 0.3 is 0 Å². The van der Waals surface area contributed by atoms with E-state index in [4.69, 9.17) is 5.73 Å². The normalized spacial score (nSPS) is 12.4. The predicted molar refractivity (Wildman–Crippen MR) is 77.7 cm³/mol. The Hall–Kier alpha value is -1.67. The summed E-state index contributed by atoms with van der Waals surface area (Å²) in [5, 5.41) is 0. The van der Waals surface area contributed by atoms with Crippen molar-refractivity contribution in [2.45, 2.75) is 25.7 Å². The van der Waals surface area contributed by atoms with Crippen LogP contribution in [0.4, 0.5) is 4.39 Å². The molecule has 0 aliphatic carbocycles. The van der Waals surface area contributed by atoms with E-state index in [0.717, 1.165) is 12.8 Å². The highest BCUT2D eigenvalue weighted by Gasteiger charge is 2.14. The Morgan fingerprint density at radius 1 is 1.00 bits per heavy atom. The van der Waals surface area contributed by atoms with Gasteiger partial charge in [0.25, 0.3) is 0 Å². The lowest BCUT2D eigenvalue weighted by Crippen LogP contribution is -2.16. The third-order valence-electron chi connectivity index (χ3n) is 3.54. The summed E-state index contributed by atoms with van der Waals surface area (Å²) in [6.45, 7) is 2.59. The maximum Gasteiger partial charge on any atom is 0.126 e. The molecule has 0 aromatic heterocycles. The van der Waals surface area contributed by atoms with Crippen molar-refractivity contribution in [1.29, 1.82) is 0 Å². The molecule has 0 aliphatic rings. The van der Waals surface area contributed by atoms with Gasteiger partial charge in [0.1, 0.15) is 5.82 Å². The number of hydrogen-bond acceptors (Lipinski definition) is 1. The molecule has 1 unspecified atom stereocenters.